The Kier molecular flexibility index (Phi) is 1.98. The molecular weight excluding hydrogens is 216 g/mol. The Morgan fingerprint density at radius 2 is 2.12 bits per heavy atom. The van der Waals surface area contributed by atoms with Gasteiger partial charge in [0.15, 0.2) is 0 Å². The van der Waals surface area contributed by atoms with Gasteiger partial charge in [0, 0.05) is 23.3 Å². The predicted octanol–water partition coefficient (Wildman–Crippen LogP) is 1.30. The van der Waals surface area contributed by atoms with Crippen LogP contribution >= 0.6 is 0 Å². The largest absolute Gasteiger partial charge is 0.399 e. The number of aromatic amines is 1. The van der Waals surface area contributed by atoms with Crippen molar-refractivity contribution in [1.82, 2.24) is 14.8 Å². The van der Waals surface area contributed by atoms with Crippen molar-refractivity contribution >= 4 is 16.5 Å². The Morgan fingerprint density at radius 3 is 2.88 bits per heavy atom. The highest BCUT2D eigenvalue weighted by Crippen LogP contribution is 2.14. The average molecular weight is 226 g/mol. The first-order valence-electron chi connectivity index (χ1n) is 5.16. The van der Waals surface area contributed by atoms with E-state index in [-0.39, 0.29) is 5.56 Å². The normalized spacial score (nSPS) is 10.8. The minimum atomic E-state index is -0.112. The number of pyridine rings is 1. The first-order valence-corrected chi connectivity index (χ1v) is 5.16. The minimum Gasteiger partial charge on any atom is -0.399 e. The van der Waals surface area contributed by atoms with Crippen molar-refractivity contribution in [2.75, 3.05) is 5.73 Å². The average Bonchev–Trinajstić information content (AvgIpc) is 2.84. The van der Waals surface area contributed by atoms with E-state index in [0.29, 0.717) is 16.9 Å². The molecule has 1 aromatic carbocycles. The summed E-state index contributed by atoms with van der Waals surface area (Å²) in [6.45, 7) is 0. The number of aromatic nitrogens is 3. The lowest BCUT2D eigenvalue weighted by Gasteiger charge is -2.04. The highest BCUT2D eigenvalue weighted by Gasteiger charge is 2.05. The number of nitrogens with one attached hydrogen (secondary N) is 1. The number of rotatable bonds is 1. The number of H-pyrrole nitrogens is 1. The van der Waals surface area contributed by atoms with Gasteiger partial charge < -0.3 is 5.73 Å². The third kappa shape index (κ3) is 1.48. The maximum atomic E-state index is 12.2. The highest BCUT2D eigenvalue weighted by atomic mass is 16.1. The third-order valence-corrected chi connectivity index (χ3v) is 2.68. The minimum absolute atomic E-state index is 0.112. The molecule has 5 heteroatoms. The fourth-order valence-corrected chi connectivity index (χ4v) is 1.83. The molecule has 3 aromatic rings. The van der Waals surface area contributed by atoms with Gasteiger partial charge >= 0.3 is 0 Å². The molecule has 2 aromatic heterocycles. The molecule has 84 valence electrons. The maximum absolute atomic E-state index is 12.2. The van der Waals surface area contributed by atoms with Crippen molar-refractivity contribution < 1.29 is 0 Å². The third-order valence-electron chi connectivity index (χ3n) is 2.68. The molecule has 0 spiro atoms. The Bertz CT molecular complexity index is 728. The summed E-state index contributed by atoms with van der Waals surface area (Å²) in [5, 5.41) is 8.06. The van der Waals surface area contributed by atoms with Crippen molar-refractivity contribution in [3.63, 3.8) is 0 Å². The standard InChI is InChI=1S/C12H10N4O/c13-9-2-1-8-4-6-16(11-3-5-14-15-11)12(17)10(8)7-9/h1-7H,13H2,(H,14,15). The summed E-state index contributed by atoms with van der Waals surface area (Å²) in [4.78, 5) is 12.2. The number of hydrogen-bond donors (Lipinski definition) is 2. The molecule has 0 saturated heterocycles. The van der Waals surface area contributed by atoms with Crippen molar-refractivity contribution in [3.8, 4) is 5.82 Å². The van der Waals surface area contributed by atoms with Gasteiger partial charge in [0.25, 0.3) is 5.56 Å². The van der Waals surface area contributed by atoms with E-state index in [1.54, 1.807) is 30.6 Å². The van der Waals surface area contributed by atoms with E-state index >= 15 is 0 Å². The number of nitrogen functional groups attached to an aromatic ring is 1. The summed E-state index contributed by atoms with van der Waals surface area (Å²) in [7, 11) is 0. The van der Waals surface area contributed by atoms with Crippen LogP contribution in [0.25, 0.3) is 16.6 Å². The Labute approximate surface area is 96.5 Å². The lowest BCUT2D eigenvalue weighted by molar-refractivity contribution is 0.927. The van der Waals surface area contributed by atoms with E-state index in [9.17, 15) is 4.79 Å². The second-order valence-corrected chi connectivity index (χ2v) is 3.78. The Morgan fingerprint density at radius 1 is 1.24 bits per heavy atom. The van der Waals surface area contributed by atoms with Gasteiger partial charge in [-0.2, -0.15) is 5.10 Å². The summed E-state index contributed by atoms with van der Waals surface area (Å²) in [5.41, 5.74) is 6.16. The second kappa shape index (κ2) is 3.48. The maximum Gasteiger partial charge on any atom is 0.264 e. The van der Waals surface area contributed by atoms with Gasteiger partial charge in [0.05, 0.1) is 6.20 Å². The molecule has 0 fully saturated rings. The Hall–Kier alpha value is -2.56. The van der Waals surface area contributed by atoms with Crippen molar-refractivity contribution in [2.45, 2.75) is 0 Å². The highest BCUT2D eigenvalue weighted by molar-refractivity contribution is 5.84. The number of hydrogen-bond acceptors (Lipinski definition) is 3. The Balaban J connectivity index is 2.36. The number of fused-ring (bicyclic) bond motifs is 1. The van der Waals surface area contributed by atoms with Crippen molar-refractivity contribution in [3.05, 3.63) is 53.1 Å². The molecule has 0 bridgehead atoms. The molecule has 3 N–H and O–H groups in total. The van der Waals surface area contributed by atoms with Crippen LogP contribution in [0.15, 0.2) is 47.5 Å². The van der Waals surface area contributed by atoms with Gasteiger partial charge in [-0.1, -0.05) is 6.07 Å². The smallest absolute Gasteiger partial charge is 0.264 e. The van der Waals surface area contributed by atoms with Crippen LogP contribution in [-0.2, 0) is 0 Å². The van der Waals surface area contributed by atoms with Crippen LogP contribution in [0.1, 0.15) is 0 Å². The molecule has 0 aliphatic carbocycles. The van der Waals surface area contributed by atoms with E-state index in [1.165, 1.54) is 4.57 Å². The molecule has 0 unspecified atom stereocenters. The van der Waals surface area contributed by atoms with E-state index in [2.05, 4.69) is 10.2 Å². The molecule has 0 atom stereocenters. The molecule has 2 heterocycles. The molecule has 0 saturated carbocycles. The molecule has 0 aliphatic heterocycles. The molecular formula is C12H10N4O. The zero-order valence-corrected chi connectivity index (χ0v) is 8.92. The summed E-state index contributed by atoms with van der Waals surface area (Å²) in [5.74, 6) is 0.638. The summed E-state index contributed by atoms with van der Waals surface area (Å²) >= 11 is 0. The zero-order chi connectivity index (χ0) is 11.8. The van der Waals surface area contributed by atoms with E-state index in [1.807, 2.05) is 12.1 Å². The van der Waals surface area contributed by atoms with Crippen LogP contribution in [-0.4, -0.2) is 14.8 Å². The first-order chi connectivity index (χ1) is 8.25. The molecule has 0 aliphatic rings. The molecule has 3 rings (SSSR count). The quantitative estimate of drug-likeness (QED) is 0.614. The zero-order valence-electron chi connectivity index (χ0n) is 8.92. The van der Waals surface area contributed by atoms with Gasteiger partial charge in [-0.05, 0) is 23.6 Å². The number of nitrogens with zero attached hydrogens (tertiary/aromatic N) is 2. The lowest BCUT2D eigenvalue weighted by atomic mass is 10.1. The molecule has 0 amide bonds. The summed E-state index contributed by atoms with van der Waals surface area (Å²) < 4.78 is 1.51. The summed E-state index contributed by atoms with van der Waals surface area (Å²) in [6, 6.07) is 8.91. The fraction of sp³-hybridized carbons (Fsp3) is 0. The van der Waals surface area contributed by atoms with Gasteiger partial charge in [-0.15, -0.1) is 0 Å². The number of nitrogens with two attached hydrogens (primary N) is 1. The van der Waals surface area contributed by atoms with Crippen LogP contribution in [0.5, 0.6) is 0 Å². The van der Waals surface area contributed by atoms with Gasteiger partial charge in [0.2, 0.25) is 0 Å². The van der Waals surface area contributed by atoms with E-state index < -0.39 is 0 Å². The van der Waals surface area contributed by atoms with Crippen LogP contribution in [0.3, 0.4) is 0 Å². The lowest BCUT2D eigenvalue weighted by Crippen LogP contribution is -2.18. The van der Waals surface area contributed by atoms with Gasteiger partial charge in [-0.3, -0.25) is 14.5 Å². The molecule has 17 heavy (non-hydrogen) atoms. The molecule has 0 radical (unpaired) electrons. The summed E-state index contributed by atoms with van der Waals surface area (Å²) in [6.07, 6.45) is 3.32. The monoisotopic (exact) mass is 226 g/mol. The van der Waals surface area contributed by atoms with Crippen molar-refractivity contribution in [1.29, 1.82) is 0 Å². The number of benzene rings is 1. The first kappa shape index (κ1) is 9.65. The van der Waals surface area contributed by atoms with Crippen LogP contribution in [0.4, 0.5) is 5.69 Å². The second-order valence-electron chi connectivity index (χ2n) is 3.78. The van der Waals surface area contributed by atoms with Crippen LogP contribution in [0, 0.1) is 0 Å². The van der Waals surface area contributed by atoms with E-state index in [0.717, 1.165) is 5.39 Å². The topological polar surface area (TPSA) is 76.7 Å². The van der Waals surface area contributed by atoms with Crippen LogP contribution in [0.2, 0.25) is 0 Å². The van der Waals surface area contributed by atoms with Crippen LogP contribution < -0.4 is 11.3 Å². The molecule has 5 nitrogen and oxygen atoms in total. The van der Waals surface area contributed by atoms with E-state index in [4.69, 9.17) is 5.73 Å². The number of anilines is 1. The van der Waals surface area contributed by atoms with Gasteiger partial charge in [0.1, 0.15) is 5.82 Å². The SMILES string of the molecule is Nc1ccc2ccn(-c3ccn[nH]3)c(=O)c2c1. The predicted molar refractivity (Wildman–Crippen MR) is 66.1 cm³/mol. The fourth-order valence-electron chi connectivity index (χ4n) is 1.83. The van der Waals surface area contributed by atoms with Crippen molar-refractivity contribution in [2.24, 2.45) is 0 Å². The van der Waals surface area contributed by atoms with Gasteiger partial charge in [-0.25, -0.2) is 0 Å².